The molecular formula is C11H10N4O. The molecule has 5 nitrogen and oxygen atoms in total. The molecule has 80 valence electrons. The van der Waals surface area contributed by atoms with E-state index in [4.69, 9.17) is 4.74 Å². The van der Waals surface area contributed by atoms with Crippen LogP contribution in [0.2, 0.25) is 0 Å². The van der Waals surface area contributed by atoms with Crippen LogP contribution < -0.4 is 4.74 Å². The Morgan fingerprint density at radius 2 is 2.06 bits per heavy atom. The summed E-state index contributed by atoms with van der Waals surface area (Å²) >= 11 is 0. The van der Waals surface area contributed by atoms with E-state index in [9.17, 15) is 0 Å². The molecule has 1 N–H and O–H groups in total. The molecule has 2 heterocycles. The van der Waals surface area contributed by atoms with Gasteiger partial charge in [0.2, 0.25) is 0 Å². The lowest BCUT2D eigenvalue weighted by Crippen LogP contribution is -1.92. The Morgan fingerprint density at radius 1 is 1.19 bits per heavy atom. The number of rotatable bonds is 1. The second kappa shape index (κ2) is 3.16. The van der Waals surface area contributed by atoms with Crippen molar-refractivity contribution < 1.29 is 4.74 Å². The number of H-pyrrole nitrogens is 1. The highest BCUT2D eigenvalue weighted by molar-refractivity contribution is 6.03. The summed E-state index contributed by atoms with van der Waals surface area (Å²) in [6.07, 6.45) is 1.76. The Morgan fingerprint density at radius 3 is 2.88 bits per heavy atom. The van der Waals surface area contributed by atoms with Crippen molar-refractivity contribution in [3.8, 4) is 5.75 Å². The second-order valence-corrected chi connectivity index (χ2v) is 3.62. The van der Waals surface area contributed by atoms with Crippen molar-refractivity contribution in [1.82, 2.24) is 20.4 Å². The molecule has 0 atom stereocenters. The standard InChI is InChI=1S/C11H10N4O/c1-6-9(16-2)4-3-7-8-5-12-14-11(8)15-13-10(6)7/h3-5H,1-2H3,(H,12,14,15). The second-order valence-electron chi connectivity index (χ2n) is 3.62. The Bertz CT molecular complexity index is 674. The quantitative estimate of drug-likeness (QED) is 0.671. The van der Waals surface area contributed by atoms with Gasteiger partial charge in [-0.1, -0.05) is 0 Å². The van der Waals surface area contributed by atoms with Gasteiger partial charge in [-0.05, 0) is 19.1 Å². The van der Waals surface area contributed by atoms with E-state index in [2.05, 4.69) is 20.4 Å². The molecule has 5 heteroatoms. The third-order valence-corrected chi connectivity index (χ3v) is 2.76. The van der Waals surface area contributed by atoms with Crippen LogP contribution >= 0.6 is 0 Å². The van der Waals surface area contributed by atoms with Crippen LogP contribution in [0.15, 0.2) is 18.3 Å². The maximum Gasteiger partial charge on any atom is 0.178 e. The number of aromatic amines is 1. The van der Waals surface area contributed by atoms with Crippen LogP contribution in [0.25, 0.3) is 21.9 Å². The van der Waals surface area contributed by atoms with Gasteiger partial charge in [0.25, 0.3) is 0 Å². The normalized spacial score (nSPS) is 11.1. The summed E-state index contributed by atoms with van der Waals surface area (Å²) in [7, 11) is 1.65. The average molecular weight is 214 g/mol. The van der Waals surface area contributed by atoms with Gasteiger partial charge in [0.15, 0.2) is 5.65 Å². The van der Waals surface area contributed by atoms with Crippen LogP contribution in [-0.2, 0) is 0 Å². The molecule has 0 saturated heterocycles. The summed E-state index contributed by atoms with van der Waals surface area (Å²) in [5.74, 6) is 0.824. The molecule has 2 aromatic heterocycles. The number of aryl methyl sites for hydroxylation is 1. The van der Waals surface area contributed by atoms with E-state index in [0.29, 0.717) is 5.65 Å². The predicted molar refractivity (Wildman–Crippen MR) is 60.5 cm³/mol. The molecule has 0 unspecified atom stereocenters. The Balaban J connectivity index is 2.49. The van der Waals surface area contributed by atoms with Gasteiger partial charge >= 0.3 is 0 Å². The molecule has 3 rings (SSSR count). The zero-order valence-electron chi connectivity index (χ0n) is 8.98. The third kappa shape index (κ3) is 1.08. The van der Waals surface area contributed by atoms with Gasteiger partial charge in [-0.2, -0.15) is 5.10 Å². The zero-order chi connectivity index (χ0) is 11.1. The monoisotopic (exact) mass is 214 g/mol. The first-order chi connectivity index (χ1) is 7.81. The van der Waals surface area contributed by atoms with E-state index in [-0.39, 0.29) is 0 Å². The number of fused-ring (bicyclic) bond motifs is 3. The molecule has 1 aromatic carbocycles. The first-order valence-corrected chi connectivity index (χ1v) is 4.94. The first-order valence-electron chi connectivity index (χ1n) is 4.94. The summed E-state index contributed by atoms with van der Waals surface area (Å²) in [6, 6.07) is 3.92. The number of nitrogens with one attached hydrogen (secondary N) is 1. The zero-order valence-corrected chi connectivity index (χ0v) is 8.98. The predicted octanol–water partition coefficient (Wildman–Crippen LogP) is 1.82. The van der Waals surface area contributed by atoms with Gasteiger partial charge < -0.3 is 4.74 Å². The maximum absolute atomic E-state index is 5.26. The van der Waals surface area contributed by atoms with Crippen molar-refractivity contribution in [2.24, 2.45) is 0 Å². The van der Waals surface area contributed by atoms with E-state index in [1.54, 1.807) is 13.3 Å². The molecule has 16 heavy (non-hydrogen) atoms. The number of ether oxygens (including phenoxy) is 1. The van der Waals surface area contributed by atoms with E-state index >= 15 is 0 Å². The van der Waals surface area contributed by atoms with E-state index in [1.165, 1.54) is 0 Å². The van der Waals surface area contributed by atoms with Crippen LogP contribution in [0.1, 0.15) is 5.56 Å². The van der Waals surface area contributed by atoms with E-state index in [0.717, 1.165) is 27.6 Å². The minimum absolute atomic E-state index is 0.706. The largest absolute Gasteiger partial charge is 0.496 e. The third-order valence-electron chi connectivity index (χ3n) is 2.76. The van der Waals surface area contributed by atoms with Crippen molar-refractivity contribution in [2.45, 2.75) is 6.92 Å². The number of hydrogen-bond acceptors (Lipinski definition) is 4. The summed E-state index contributed by atoms with van der Waals surface area (Å²) in [4.78, 5) is 0. The van der Waals surface area contributed by atoms with Gasteiger partial charge in [-0.3, -0.25) is 5.10 Å². The number of methoxy groups -OCH3 is 1. The van der Waals surface area contributed by atoms with Crippen molar-refractivity contribution in [2.75, 3.05) is 7.11 Å². The van der Waals surface area contributed by atoms with Crippen LogP contribution in [0.3, 0.4) is 0 Å². The molecule has 3 aromatic rings. The fraction of sp³-hybridized carbons (Fsp3) is 0.182. The highest BCUT2D eigenvalue weighted by atomic mass is 16.5. The average Bonchev–Trinajstić information content (AvgIpc) is 2.77. The van der Waals surface area contributed by atoms with E-state index in [1.807, 2.05) is 19.1 Å². The molecular weight excluding hydrogens is 204 g/mol. The molecule has 0 saturated carbocycles. The Kier molecular flexibility index (Phi) is 1.80. The van der Waals surface area contributed by atoms with Crippen molar-refractivity contribution in [3.63, 3.8) is 0 Å². The van der Waals surface area contributed by atoms with Gasteiger partial charge in [0, 0.05) is 10.9 Å². The smallest absolute Gasteiger partial charge is 0.178 e. The summed E-state index contributed by atoms with van der Waals surface area (Å²) in [5.41, 5.74) is 2.56. The lowest BCUT2D eigenvalue weighted by atomic mass is 10.1. The number of nitrogens with zero attached hydrogens (tertiary/aromatic N) is 3. The van der Waals surface area contributed by atoms with Gasteiger partial charge in [-0.25, -0.2) is 0 Å². The van der Waals surface area contributed by atoms with Crippen molar-refractivity contribution >= 4 is 21.9 Å². The lowest BCUT2D eigenvalue weighted by Gasteiger charge is -2.06. The minimum atomic E-state index is 0.706. The Labute approximate surface area is 91.4 Å². The summed E-state index contributed by atoms with van der Waals surface area (Å²) in [5, 5.41) is 17.1. The molecule has 0 aliphatic carbocycles. The van der Waals surface area contributed by atoms with Crippen LogP contribution in [0.5, 0.6) is 5.75 Å². The van der Waals surface area contributed by atoms with Crippen LogP contribution in [0, 0.1) is 6.92 Å². The van der Waals surface area contributed by atoms with Crippen molar-refractivity contribution in [3.05, 3.63) is 23.9 Å². The highest BCUT2D eigenvalue weighted by Gasteiger charge is 2.09. The molecule has 0 spiro atoms. The summed E-state index contributed by atoms with van der Waals surface area (Å²) in [6.45, 7) is 1.97. The fourth-order valence-corrected chi connectivity index (χ4v) is 1.90. The van der Waals surface area contributed by atoms with E-state index < -0.39 is 0 Å². The molecule has 0 fully saturated rings. The van der Waals surface area contributed by atoms with Crippen LogP contribution in [0.4, 0.5) is 0 Å². The van der Waals surface area contributed by atoms with Crippen LogP contribution in [-0.4, -0.2) is 27.5 Å². The van der Waals surface area contributed by atoms with Crippen molar-refractivity contribution in [1.29, 1.82) is 0 Å². The maximum atomic E-state index is 5.26. The molecule has 0 aliphatic heterocycles. The molecule has 0 bridgehead atoms. The molecule has 0 amide bonds. The molecule has 0 radical (unpaired) electrons. The van der Waals surface area contributed by atoms with Gasteiger partial charge in [-0.15, -0.1) is 10.2 Å². The SMILES string of the molecule is COc1ccc2c(nnc3[nH]ncc32)c1C. The van der Waals surface area contributed by atoms with Gasteiger partial charge in [0.05, 0.1) is 18.7 Å². The van der Waals surface area contributed by atoms with Gasteiger partial charge in [0.1, 0.15) is 11.3 Å². The Hall–Kier alpha value is -2.17. The number of aromatic nitrogens is 4. The fourth-order valence-electron chi connectivity index (χ4n) is 1.90. The molecule has 0 aliphatic rings. The number of hydrogen-bond donors (Lipinski definition) is 1. The first kappa shape index (κ1) is 9.08. The summed E-state index contributed by atoms with van der Waals surface area (Å²) < 4.78 is 5.26. The highest BCUT2D eigenvalue weighted by Crippen LogP contribution is 2.28. The lowest BCUT2D eigenvalue weighted by molar-refractivity contribution is 0.412. The minimum Gasteiger partial charge on any atom is -0.496 e. The topological polar surface area (TPSA) is 63.7 Å². The number of benzene rings is 1.